The summed E-state index contributed by atoms with van der Waals surface area (Å²) in [7, 11) is 0. The van der Waals surface area contributed by atoms with Crippen molar-refractivity contribution in [2.24, 2.45) is 5.92 Å². The normalized spacial score (nSPS) is 14.0. The molecule has 0 saturated carbocycles. The highest BCUT2D eigenvalue weighted by molar-refractivity contribution is 5.89. The number of amides is 2. The van der Waals surface area contributed by atoms with Crippen LogP contribution < -0.4 is 10.6 Å². The number of nitrogens with one attached hydrogen (secondary N) is 2. The molecule has 0 aliphatic heterocycles. The van der Waals surface area contributed by atoms with Gasteiger partial charge in [-0.2, -0.15) is 0 Å². The van der Waals surface area contributed by atoms with Crippen molar-refractivity contribution in [1.29, 1.82) is 0 Å². The molecule has 1 aromatic rings. The predicted octanol–water partition coefficient (Wildman–Crippen LogP) is 2.70. The summed E-state index contributed by atoms with van der Waals surface area (Å²) < 4.78 is 5.13. The molecule has 0 aliphatic carbocycles. The minimum absolute atomic E-state index is 0.0950. The SMILES string of the molecule is CCC[C@H](NC(=O)OCc1ccccc1)C(=O)N[C@@H](C(=O)O)[C@@H](C)CC. The van der Waals surface area contributed by atoms with Crippen molar-refractivity contribution < 1.29 is 24.2 Å². The van der Waals surface area contributed by atoms with Gasteiger partial charge in [0.25, 0.3) is 0 Å². The zero-order valence-corrected chi connectivity index (χ0v) is 15.5. The van der Waals surface area contributed by atoms with Crippen LogP contribution in [0.25, 0.3) is 0 Å². The fourth-order valence-corrected chi connectivity index (χ4v) is 2.40. The van der Waals surface area contributed by atoms with Crippen LogP contribution in [0.1, 0.15) is 45.6 Å². The van der Waals surface area contributed by atoms with Gasteiger partial charge in [-0.05, 0) is 17.9 Å². The first-order valence-electron chi connectivity index (χ1n) is 8.89. The number of alkyl carbamates (subject to hydrolysis) is 1. The number of ether oxygens (including phenoxy) is 1. The molecule has 0 aliphatic rings. The Morgan fingerprint density at radius 2 is 1.77 bits per heavy atom. The van der Waals surface area contributed by atoms with E-state index in [0.29, 0.717) is 19.3 Å². The minimum Gasteiger partial charge on any atom is -0.480 e. The van der Waals surface area contributed by atoms with Crippen molar-refractivity contribution in [1.82, 2.24) is 10.6 Å². The van der Waals surface area contributed by atoms with Gasteiger partial charge in [-0.1, -0.05) is 63.9 Å². The molecule has 0 radical (unpaired) electrons. The summed E-state index contributed by atoms with van der Waals surface area (Å²) in [6.07, 6.45) is 0.942. The Morgan fingerprint density at radius 3 is 2.31 bits per heavy atom. The molecule has 2 amide bonds. The average Bonchev–Trinajstić information content (AvgIpc) is 2.63. The first kappa shape index (κ1) is 21.5. The number of carbonyl (C=O) groups is 3. The monoisotopic (exact) mass is 364 g/mol. The van der Waals surface area contributed by atoms with E-state index in [2.05, 4.69) is 10.6 Å². The molecule has 1 rings (SSSR count). The maximum Gasteiger partial charge on any atom is 0.408 e. The second kappa shape index (κ2) is 11.1. The van der Waals surface area contributed by atoms with E-state index in [1.165, 1.54) is 0 Å². The van der Waals surface area contributed by atoms with E-state index in [-0.39, 0.29) is 12.5 Å². The lowest BCUT2D eigenvalue weighted by molar-refractivity contribution is -0.143. The third-order valence-corrected chi connectivity index (χ3v) is 4.18. The van der Waals surface area contributed by atoms with Gasteiger partial charge in [0.15, 0.2) is 0 Å². The molecule has 26 heavy (non-hydrogen) atoms. The van der Waals surface area contributed by atoms with Gasteiger partial charge >= 0.3 is 12.1 Å². The smallest absolute Gasteiger partial charge is 0.408 e. The Labute approximate surface area is 154 Å². The zero-order chi connectivity index (χ0) is 19.5. The molecule has 7 nitrogen and oxygen atoms in total. The van der Waals surface area contributed by atoms with Gasteiger partial charge in [-0.3, -0.25) is 4.79 Å². The number of hydrogen-bond acceptors (Lipinski definition) is 4. The quantitative estimate of drug-likeness (QED) is 0.592. The molecule has 0 heterocycles. The summed E-state index contributed by atoms with van der Waals surface area (Å²) in [5, 5.41) is 14.3. The lowest BCUT2D eigenvalue weighted by atomic mass is 9.98. The highest BCUT2D eigenvalue weighted by Gasteiger charge is 2.29. The topological polar surface area (TPSA) is 105 Å². The van der Waals surface area contributed by atoms with E-state index in [1.54, 1.807) is 6.92 Å². The maximum absolute atomic E-state index is 12.4. The second-order valence-electron chi connectivity index (χ2n) is 6.26. The van der Waals surface area contributed by atoms with Crippen LogP contribution in [0.2, 0.25) is 0 Å². The van der Waals surface area contributed by atoms with Gasteiger partial charge in [0.1, 0.15) is 18.7 Å². The lowest BCUT2D eigenvalue weighted by Gasteiger charge is -2.24. The average molecular weight is 364 g/mol. The highest BCUT2D eigenvalue weighted by atomic mass is 16.5. The molecule has 7 heteroatoms. The number of carboxylic acids is 1. The van der Waals surface area contributed by atoms with Gasteiger partial charge in [-0.15, -0.1) is 0 Å². The number of carbonyl (C=O) groups excluding carboxylic acids is 2. The maximum atomic E-state index is 12.4. The van der Waals surface area contributed by atoms with Crippen molar-refractivity contribution in [3.8, 4) is 0 Å². The number of hydrogen-bond donors (Lipinski definition) is 3. The molecule has 1 aromatic carbocycles. The number of carboxylic acid groups (broad SMARTS) is 1. The second-order valence-corrected chi connectivity index (χ2v) is 6.26. The Kier molecular flexibility index (Phi) is 9.19. The number of benzene rings is 1. The van der Waals surface area contributed by atoms with Crippen LogP contribution in [0, 0.1) is 5.92 Å². The van der Waals surface area contributed by atoms with E-state index < -0.39 is 30.1 Å². The van der Waals surface area contributed by atoms with Crippen LogP contribution in [0.4, 0.5) is 4.79 Å². The molecule has 0 aromatic heterocycles. The predicted molar refractivity (Wildman–Crippen MR) is 97.5 cm³/mol. The highest BCUT2D eigenvalue weighted by Crippen LogP contribution is 2.09. The van der Waals surface area contributed by atoms with Crippen LogP contribution >= 0.6 is 0 Å². The Bertz CT molecular complexity index is 591. The van der Waals surface area contributed by atoms with Crippen molar-refractivity contribution in [2.45, 2.75) is 58.7 Å². The van der Waals surface area contributed by atoms with Gasteiger partial charge in [-0.25, -0.2) is 9.59 Å². The first-order chi connectivity index (χ1) is 12.4. The molecule has 0 spiro atoms. The van der Waals surface area contributed by atoms with Crippen molar-refractivity contribution >= 4 is 18.0 Å². The van der Waals surface area contributed by atoms with Crippen molar-refractivity contribution in [3.05, 3.63) is 35.9 Å². The molecular formula is C19H28N2O5. The summed E-state index contributed by atoms with van der Waals surface area (Å²) in [6, 6.07) is 7.36. The van der Waals surface area contributed by atoms with E-state index in [0.717, 1.165) is 5.56 Å². The van der Waals surface area contributed by atoms with E-state index >= 15 is 0 Å². The molecule has 3 N–H and O–H groups in total. The van der Waals surface area contributed by atoms with Crippen LogP contribution in [0.15, 0.2) is 30.3 Å². The number of rotatable bonds is 10. The third-order valence-electron chi connectivity index (χ3n) is 4.18. The summed E-state index contributed by atoms with van der Waals surface area (Å²) in [4.78, 5) is 35.8. The summed E-state index contributed by atoms with van der Waals surface area (Å²) in [5.74, 6) is -1.82. The Morgan fingerprint density at radius 1 is 1.12 bits per heavy atom. The van der Waals surface area contributed by atoms with Gasteiger partial charge < -0.3 is 20.5 Å². The van der Waals surface area contributed by atoms with E-state index in [4.69, 9.17) is 4.74 Å². The van der Waals surface area contributed by atoms with Gasteiger partial charge in [0.2, 0.25) is 5.91 Å². The first-order valence-corrected chi connectivity index (χ1v) is 8.89. The standard InChI is InChI=1S/C19H28N2O5/c1-4-9-15(17(22)21-16(18(23)24)13(3)5-2)20-19(25)26-12-14-10-7-6-8-11-14/h6-8,10-11,13,15-16H,4-5,9,12H2,1-3H3,(H,20,25)(H,21,22)(H,23,24)/t13-,15-,16+/m0/s1. The van der Waals surface area contributed by atoms with Gasteiger partial charge in [0.05, 0.1) is 0 Å². The molecule has 0 bridgehead atoms. The molecule has 0 fully saturated rings. The summed E-state index contributed by atoms with van der Waals surface area (Å²) in [6.45, 7) is 5.59. The Balaban J connectivity index is 2.63. The fourth-order valence-electron chi connectivity index (χ4n) is 2.40. The van der Waals surface area contributed by atoms with Crippen LogP contribution in [-0.2, 0) is 20.9 Å². The largest absolute Gasteiger partial charge is 0.480 e. The zero-order valence-electron chi connectivity index (χ0n) is 15.5. The van der Waals surface area contributed by atoms with Crippen LogP contribution in [-0.4, -0.2) is 35.2 Å². The lowest BCUT2D eigenvalue weighted by Crippen LogP contribution is -2.53. The third kappa shape index (κ3) is 7.13. The number of aliphatic carboxylic acids is 1. The van der Waals surface area contributed by atoms with Crippen molar-refractivity contribution in [3.63, 3.8) is 0 Å². The molecule has 144 valence electrons. The van der Waals surface area contributed by atoms with E-state index in [1.807, 2.05) is 44.2 Å². The van der Waals surface area contributed by atoms with Crippen LogP contribution in [0.3, 0.4) is 0 Å². The minimum atomic E-state index is -1.09. The summed E-state index contributed by atoms with van der Waals surface area (Å²) >= 11 is 0. The Hall–Kier alpha value is -2.57. The molecular weight excluding hydrogens is 336 g/mol. The fraction of sp³-hybridized carbons (Fsp3) is 0.526. The van der Waals surface area contributed by atoms with Crippen LogP contribution in [0.5, 0.6) is 0 Å². The molecule has 3 atom stereocenters. The molecule has 0 saturated heterocycles. The van der Waals surface area contributed by atoms with Crippen molar-refractivity contribution in [2.75, 3.05) is 0 Å². The summed E-state index contributed by atoms with van der Waals surface area (Å²) in [5.41, 5.74) is 0.835. The van der Waals surface area contributed by atoms with E-state index in [9.17, 15) is 19.5 Å². The molecule has 0 unspecified atom stereocenters. The van der Waals surface area contributed by atoms with Gasteiger partial charge in [0, 0.05) is 0 Å².